The normalized spacial score (nSPS) is 31.1. The van der Waals surface area contributed by atoms with Gasteiger partial charge in [0.25, 0.3) is 0 Å². The Morgan fingerprint density at radius 2 is 2.00 bits per heavy atom. The largest absolute Gasteiger partial charge is 0.394 e. The van der Waals surface area contributed by atoms with Crippen LogP contribution in [-0.2, 0) is 9.59 Å². The minimum Gasteiger partial charge on any atom is -0.394 e. The fourth-order valence-electron chi connectivity index (χ4n) is 0.870. The van der Waals surface area contributed by atoms with E-state index in [1.54, 1.807) is 6.92 Å². The summed E-state index contributed by atoms with van der Waals surface area (Å²) in [5.41, 5.74) is 0. The Kier molecular flexibility index (Phi) is 2.09. The van der Waals surface area contributed by atoms with Crippen molar-refractivity contribution in [2.24, 2.45) is 0 Å². The number of nitrogens with one attached hydrogen (secondary N) is 2. The molecule has 5 nitrogen and oxygen atoms in total. The van der Waals surface area contributed by atoms with Gasteiger partial charge in [0.05, 0.1) is 6.61 Å². The third-order valence-corrected chi connectivity index (χ3v) is 1.57. The van der Waals surface area contributed by atoms with Gasteiger partial charge in [0.2, 0.25) is 11.8 Å². The molecule has 0 aromatic rings. The maximum Gasteiger partial charge on any atom is 0.245 e. The first-order chi connectivity index (χ1) is 5.15. The molecule has 0 aromatic heterocycles. The van der Waals surface area contributed by atoms with Crippen molar-refractivity contribution in [2.75, 3.05) is 6.61 Å². The molecule has 11 heavy (non-hydrogen) atoms. The predicted octanol–water partition coefficient (Wildman–Crippen LogP) is -2.02. The Hall–Kier alpha value is -1.10. The van der Waals surface area contributed by atoms with Crippen LogP contribution in [0, 0.1) is 0 Å². The lowest BCUT2D eigenvalue weighted by Crippen LogP contribution is -2.61. The molecular formula is C6H10N2O3. The molecule has 2 atom stereocenters. The maximum absolute atomic E-state index is 10.9. The zero-order valence-electron chi connectivity index (χ0n) is 6.13. The van der Waals surface area contributed by atoms with Gasteiger partial charge in [-0.1, -0.05) is 0 Å². The average Bonchev–Trinajstić information content (AvgIpc) is 1.97. The van der Waals surface area contributed by atoms with Gasteiger partial charge in [-0.25, -0.2) is 0 Å². The molecule has 3 N–H and O–H groups in total. The SMILES string of the molecule is C[C@H]1NC(=O)C(CO)NC1=O. The second-order valence-corrected chi connectivity index (χ2v) is 2.47. The van der Waals surface area contributed by atoms with Crippen LogP contribution in [0.2, 0.25) is 0 Å². The second-order valence-electron chi connectivity index (χ2n) is 2.47. The molecule has 1 heterocycles. The number of piperazine rings is 1. The van der Waals surface area contributed by atoms with Gasteiger partial charge in [-0.2, -0.15) is 0 Å². The van der Waals surface area contributed by atoms with E-state index < -0.39 is 12.1 Å². The molecule has 1 aliphatic heterocycles. The molecule has 0 saturated carbocycles. The summed E-state index contributed by atoms with van der Waals surface area (Å²) in [5, 5.41) is 13.4. The molecule has 62 valence electrons. The van der Waals surface area contributed by atoms with Crippen LogP contribution < -0.4 is 10.6 Å². The van der Waals surface area contributed by atoms with E-state index >= 15 is 0 Å². The van der Waals surface area contributed by atoms with Crippen LogP contribution in [0.25, 0.3) is 0 Å². The van der Waals surface area contributed by atoms with Crippen LogP contribution in [0.4, 0.5) is 0 Å². The molecule has 1 saturated heterocycles. The van der Waals surface area contributed by atoms with Crippen LogP contribution in [0.3, 0.4) is 0 Å². The summed E-state index contributed by atoms with van der Waals surface area (Å²) in [6.45, 7) is 1.23. The van der Waals surface area contributed by atoms with Crippen molar-refractivity contribution in [1.82, 2.24) is 10.6 Å². The summed E-state index contributed by atoms with van der Waals surface area (Å²) in [7, 11) is 0. The van der Waals surface area contributed by atoms with Gasteiger partial charge in [-0.05, 0) is 6.92 Å². The summed E-state index contributed by atoms with van der Waals surface area (Å²) >= 11 is 0. The fourth-order valence-corrected chi connectivity index (χ4v) is 0.870. The monoisotopic (exact) mass is 158 g/mol. The lowest BCUT2D eigenvalue weighted by atomic mass is 10.1. The number of rotatable bonds is 1. The van der Waals surface area contributed by atoms with Crippen LogP contribution in [0.15, 0.2) is 0 Å². The van der Waals surface area contributed by atoms with Gasteiger partial charge in [0, 0.05) is 0 Å². The number of aliphatic hydroxyl groups is 1. The van der Waals surface area contributed by atoms with E-state index in [-0.39, 0.29) is 18.4 Å². The Bertz CT molecular complexity index is 192. The number of hydrogen-bond acceptors (Lipinski definition) is 3. The molecule has 1 fully saturated rings. The van der Waals surface area contributed by atoms with Crippen molar-refractivity contribution >= 4 is 11.8 Å². The highest BCUT2D eigenvalue weighted by Gasteiger charge is 2.29. The van der Waals surface area contributed by atoms with Crippen molar-refractivity contribution in [3.05, 3.63) is 0 Å². The molecule has 1 rings (SSSR count). The zero-order chi connectivity index (χ0) is 8.43. The van der Waals surface area contributed by atoms with E-state index in [2.05, 4.69) is 10.6 Å². The van der Waals surface area contributed by atoms with E-state index in [0.29, 0.717) is 0 Å². The Morgan fingerprint density at radius 1 is 1.36 bits per heavy atom. The topological polar surface area (TPSA) is 78.4 Å². The average molecular weight is 158 g/mol. The number of amides is 2. The fraction of sp³-hybridized carbons (Fsp3) is 0.667. The first-order valence-electron chi connectivity index (χ1n) is 3.36. The van der Waals surface area contributed by atoms with E-state index in [1.807, 2.05) is 0 Å². The standard InChI is InChI=1S/C6H10N2O3/c1-3-5(10)8-4(2-9)6(11)7-3/h3-4,9H,2H2,1H3,(H,7,11)(H,8,10)/t3-,4?/m1/s1. The lowest BCUT2D eigenvalue weighted by molar-refractivity contribution is -0.137. The van der Waals surface area contributed by atoms with Gasteiger partial charge in [-0.3, -0.25) is 9.59 Å². The van der Waals surface area contributed by atoms with Crippen LogP contribution >= 0.6 is 0 Å². The lowest BCUT2D eigenvalue weighted by Gasteiger charge is -2.25. The molecule has 0 spiro atoms. The van der Waals surface area contributed by atoms with Gasteiger partial charge in [0.1, 0.15) is 12.1 Å². The van der Waals surface area contributed by atoms with Crippen molar-refractivity contribution in [3.63, 3.8) is 0 Å². The summed E-state index contributed by atoms with van der Waals surface area (Å²) in [5.74, 6) is -0.594. The van der Waals surface area contributed by atoms with Crippen LogP contribution in [0.5, 0.6) is 0 Å². The number of hydrogen-bond donors (Lipinski definition) is 3. The van der Waals surface area contributed by atoms with Crippen molar-refractivity contribution in [3.8, 4) is 0 Å². The second kappa shape index (κ2) is 2.87. The Morgan fingerprint density at radius 3 is 2.55 bits per heavy atom. The summed E-state index contributed by atoms with van der Waals surface area (Å²) < 4.78 is 0. The third kappa shape index (κ3) is 1.48. The van der Waals surface area contributed by atoms with Crippen molar-refractivity contribution in [2.45, 2.75) is 19.0 Å². The maximum atomic E-state index is 10.9. The summed E-state index contributed by atoms with van der Waals surface area (Å²) in [6, 6.07) is -1.27. The van der Waals surface area contributed by atoms with Gasteiger partial charge < -0.3 is 15.7 Å². The Labute approximate surface area is 63.8 Å². The van der Waals surface area contributed by atoms with E-state index in [9.17, 15) is 9.59 Å². The van der Waals surface area contributed by atoms with E-state index in [4.69, 9.17) is 5.11 Å². The smallest absolute Gasteiger partial charge is 0.245 e. The Balaban J connectivity index is 2.62. The molecule has 5 heteroatoms. The molecule has 0 bridgehead atoms. The van der Waals surface area contributed by atoms with Gasteiger partial charge in [-0.15, -0.1) is 0 Å². The number of carbonyl (C=O) groups excluding carboxylic acids is 2. The highest BCUT2D eigenvalue weighted by molar-refractivity contribution is 5.96. The molecule has 2 amide bonds. The van der Waals surface area contributed by atoms with Gasteiger partial charge >= 0.3 is 0 Å². The van der Waals surface area contributed by atoms with Crippen molar-refractivity contribution in [1.29, 1.82) is 0 Å². The van der Waals surface area contributed by atoms with Crippen LogP contribution in [-0.4, -0.2) is 35.6 Å². The van der Waals surface area contributed by atoms with Gasteiger partial charge in [0.15, 0.2) is 0 Å². The molecular weight excluding hydrogens is 148 g/mol. The molecule has 0 radical (unpaired) electrons. The highest BCUT2D eigenvalue weighted by Crippen LogP contribution is 1.94. The quantitative estimate of drug-likeness (QED) is 0.412. The summed E-state index contributed by atoms with van der Waals surface area (Å²) in [6.07, 6.45) is 0. The van der Waals surface area contributed by atoms with E-state index in [1.165, 1.54) is 0 Å². The summed E-state index contributed by atoms with van der Waals surface area (Å²) in [4.78, 5) is 21.8. The molecule has 1 aliphatic rings. The predicted molar refractivity (Wildman–Crippen MR) is 36.6 cm³/mol. The minimum atomic E-state index is -0.779. The molecule has 1 unspecified atom stereocenters. The third-order valence-electron chi connectivity index (χ3n) is 1.57. The van der Waals surface area contributed by atoms with Crippen LogP contribution in [0.1, 0.15) is 6.92 Å². The first-order valence-corrected chi connectivity index (χ1v) is 3.36. The number of carbonyl (C=O) groups is 2. The zero-order valence-corrected chi connectivity index (χ0v) is 6.13. The highest BCUT2D eigenvalue weighted by atomic mass is 16.3. The number of aliphatic hydroxyl groups excluding tert-OH is 1. The molecule has 0 aromatic carbocycles. The van der Waals surface area contributed by atoms with Crippen molar-refractivity contribution < 1.29 is 14.7 Å². The molecule has 0 aliphatic carbocycles. The van der Waals surface area contributed by atoms with E-state index in [0.717, 1.165) is 0 Å². The first kappa shape index (κ1) is 8.00. The minimum absolute atomic E-state index is 0.261.